The molecule has 1 N–H and O–H groups in total. The first-order valence-electron chi connectivity index (χ1n) is 7.94. The molecule has 0 spiro atoms. The van der Waals surface area contributed by atoms with E-state index in [-0.39, 0.29) is 5.54 Å². The molecule has 0 aliphatic carbocycles. The first kappa shape index (κ1) is 18.4. The second kappa shape index (κ2) is 9.42. The Hall–Kier alpha value is -0.610. The number of aromatic nitrogens is 1. The summed E-state index contributed by atoms with van der Waals surface area (Å²) in [5.74, 6) is 0.755. The minimum absolute atomic E-state index is 0.0831. The lowest BCUT2D eigenvalue weighted by molar-refractivity contribution is 0.287. The normalized spacial score (nSPS) is 11.7. The molecule has 4 heteroatoms. The Bertz CT molecular complexity index is 416. The number of hydrogen-bond acceptors (Lipinski definition) is 3. The Morgan fingerprint density at radius 1 is 1.19 bits per heavy atom. The average Bonchev–Trinajstić information content (AvgIpc) is 2.41. The maximum absolute atomic E-state index is 5.87. The van der Waals surface area contributed by atoms with Gasteiger partial charge in [-0.3, -0.25) is 0 Å². The molecule has 0 atom stereocenters. The molecule has 0 saturated heterocycles. The van der Waals surface area contributed by atoms with E-state index in [0.717, 1.165) is 35.5 Å². The SMILES string of the molecule is CCCCCCCOc1ncc(Br)cc1CNC(C)(C)C. The third kappa shape index (κ3) is 8.42. The number of nitrogens with zero attached hydrogens (tertiary/aromatic N) is 1. The second-order valence-corrected chi connectivity index (χ2v) is 7.40. The fraction of sp³-hybridized carbons (Fsp3) is 0.706. The van der Waals surface area contributed by atoms with Crippen molar-refractivity contribution in [1.29, 1.82) is 0 Å². The number of unbranched alkanes of at least 4 members (excludes halogenated alkanes) is 4. The van der Waals surface area contributed by atoms with Crippen LogP contribution >= 0.6 is 15.9 Å². The molecule has 1 heterocycles. The lowest BCUT2D eigenvalue weighted by Crippen LogP contribution is -2.35. The molecule has 0 amide bonds. The quantitative estimate of drug-likeness (QED) is 0.626. The number of halogens is 1. The van der Waals surface area contributed by atoms with E-state index < -0.39 is 0 Å². The van der Waals surface area contributed by atoms with E-state index in [9.17, 15) is 0 Å². The minimum Gasteiger partial charge on any atom is -0.477 e. The summed E-state index contributed by atoms with van der Waals surface area (Å²) in [6, 6.07) is 2.08. The van der Waals surface area contributed by atoms with E-state index in [2.05, 4.69) is 60.0 Å². The number of pyridine rings is 1. The first-order chi connectivity index (χ1) is 9.92. The fourth-order valence-corrected chi connectivity index (χ4v) is 2.34. The molecular formula is C17H29BrN2O. The second-order valence-electron chi connectivity index (χ2n) is 6.48. The van der Waals surface area contributed by atoms with Gasteiger partial charge in [0, 0.05) is 28.3 Å². The van der Waals surface area contributed by atoms with E-state index in [0.29, 0.717) is 0 Å². The molecule has 0 saturated carbocycles. The number of rotatable bonds is 9. The molecule has 0 unspecified atom stereocenters. The summed E-state index contributed by atoms with van der Waals surface area (Å²) in [6.45, 7) is 10.2. The van der Waals surface area contributed by atoms with Gasteiger partial charge in [-0.25, -0.2) is 4.98 Å². The molecule has 120 valence electrons. The van der Waals surface area contributed by atoms with Gasteiger partial charge >= 0.3 is 0 Å². The molecule has 0 aromatic carbocycles. The molecule has 0 bridgehead atoms. The molecule has 1 aromatic heterocycles. The van der Waals surface area contributed by atoms with Gasteiger partial charge in [0.2, 0.25) is 5.88 Å². The standard InChI is InChI=1S/C17H29BrN2O/c1-5-6-7-8-9-10-21-16-14(11-15(18)13-19-16)12-20-17(2,3)4/h11,13,20H,5-10,12H2,1-4H3. The van der Waals surface area contributed by atoms with E-state index in [4.69, 9.17) is 4.74 Å². The van der Waals surface area contributed by atoms with Crippen molar-refractivity contribution in [3.63, 3.8) is 0 Å². The molecule has 1 aromatic rings. The largest absolute Gasteiger partial charge is 0.477 e. The van der Waals surface area contributed by atoms with Gasteiger partial charge in [-0.15, -0.1) is 0 Å². The zero-order valence-corrected chi connectivity index (χ0v) is 15.4. The van der Waals surface area contributed by atoms with Gasteiger partial charge in [0.25, 0.3) is 0 Å². The van der Waals surface area contributed by atoms with Gasteiger partial charge < -0.3 is 10.1 Å². The van der Waals surface area contributed by atoms with E-state index in [1.165, 1.54) is 25.7 Å². The topological polar surface area (TPSA) is 34.1 Å². The van der Waals surface area contributed by atoms with Gasteiger partial charge in [0.05, 0.1) is 6.61 Å². The maximum atomic E-state index is 5.87. The van der Waals surface area contributed by atoms with Crippen molar-refractivity contribution < 1.29 is 4.74 Å². The summed E-state index contributed by atoms with van der Waals surface area (Å²) in [7, 11) is 0. The lowest BCUT2D eigenvalue weighted by Gasteiger charge is -2.21. The van der Waals surface area contributed by atoms with Crippen LogP contribution in [-0.2, 0) is 6.54 Å². The average molecular weight is 357 g/mol. The maximum Gasteiger partial charge on any atom is 0.217 e. The summed E-state index contributed by atoms with van der Waals surface area (Å²) in [5.41, 5.74) is 1.19. The van der Waals surface area contributed by atoms with Gasteiger partial charge in [-0.1, -0.05) is 32.6 Å². The summed E-state index contributed by atoms with van der Waals surface area (Å²) in [6.07, 6.45) is 8.03. The third-order valence-electron chi connectivity index (χ3n) is 3.19. The zero-order valence-electron chi connectivity index (χ0n) is 13.8. The lowest BCUT2D eigenvalue weighted by atomic mass is 10.1. The van der Waals surface area contributed by atoms with E-state index in [1.54, 1.807) is 6.20 Å². The first-order valence-corrected chi connectivity index (χ1v) is 8.74. The molecule has 0 aliphatic heterocycles. The van der Waals surface area contributed by atoms with Crippen molar-refractivity contribution in [2.24, 2.45) is 0 Å². The third-order valence-corrected chi connectivity index (χ3v) is 3.62. The Kier molecular flexibility index (Phi) is 8.27. The van der Waals surface area contributed by atoms with Crippen LogP contribution in [0.25, 0.3) is 0 Å². The van der Waals surface area contributed by atoms with Crippen molar-refractivity contribution in [1.82, 2.24) is 10.3 Å². The molecule has 3 nitrogen and oxygen atoms in total. The van der Waals surface area contributed by atoms with Crippen LogP contribution in [-0.4, -0.2) is 17.1 Å². The highest BCUT2D eigenvalue weighted by molar-refractivity contribution is 9.10. The van der Waals surface area contributed by atoms with Crippen LogP contribution in [0, 0.1) is 0 Å². The Morgan fingerprint density at radius 3 is 2.57 bits per heavy atom. The molecule has 0 fully saturated rings. The molecule has 21 heavy (non-hydrogen) atoms. The van der Waals surface area contributed by atoms with Crippen molar-refractivity contribution in [3.8, 4) is 5.88 Å². The monoisotopic (exact) mass is 356 g/mol. The van der Waals surface area contributed by atoms with E-state index >= 15 is 0 Å². The van der Waals surface area contributed by atoms with E-state index in [1.807, 2.05) is 0 Å². The molecule has 1 rings (SSSR count). The van der Waals surface area contributed by atoms with Gasteiger partial charge in [0.1, 0.15) is 0 Å². The van der Waals surface area contributed by atoms with Crippen LogP contribution < -0.4 is 10.1 Å². The number of nitrogens with one attached hydrogen (secondary N) is 1. The molecule has 0 aliphatic rings. The fourth-order valence-electron chi connectivity index (χ4n) is 1.96. The van der Waals surface area contributed by atoms with Crippen molar-refractivity contribution >= 4 is 15.9 Å². The Labute approximate surface area is 138 Å². The van der Waals surface area contributed by atoms with Crippen LogP contribution in [0.1, 0.15) is 65.4 Å². The van der Waals surface area contributed by atoms with Gasteiger partial charge in [-0.05, 0) is 49.2 Å². The highest BCUT2D eigenvalue weighted by Crippen LogP contribution is 2.21. The number of ether oxygens (including phenoxy) is 1. The minimum atomic E-state index is 0.0831. The van der Waals surface area contributed by atoms with Crippen LogP contribution in [0.2, 0.25) is 0 Å². The van der Waals surface area contributed by atoms with Crippen LogP contribution in [0.5, 0.6) is 5.88 Å². The van der Waals surface area contributed by atoms with Crippen LogP contribution in [0.4, 0.5) is 0 Å². The van der Waals surface area contributed by atoms with Crippen molar-refractivity contribution in [3.05, 3.63) is 22.3 Å². The molecular weight excluding hydrogens is 328 g/mol. The van der Waals surface area contributed by atoms with Gasteiger partial charge in [-0.2, -0.15) is 0 Å². The van der Waals surface area contributed by atoms with Crippen molar-refractivity contribution in [2.75, 3.05) is 6.61 Å². The molecule has 0 radical (unpaired) electrons. The van der Waals surface area contributed by atoms with Crippen LogP contribution in [0.3, 0.4) is 0 Å². The van der Waals surface area contributed by atoms with Crippen molar-refractivity contribution in [2.45, 2.75) is 71.9 Å². The highest BCUT2D eigenvalue weighted by Gasteiger charge is 2.12. The predicted octanol–water partition coefficient (Wildman–Crippen LogP) is 5.08. The Balaban J connectivity index is 2.48. The van der Waals surface area contributed by atoms with Crippen LogP contribution in [0.15, 0.2) is 16.7 Å². The summed E-state index contributed by atoms with van der Waals surface area (Å²) in [5, 5.41) is 3.48. The number of hydrogen-bond donors (Lipinski definition) is 1. The summed E-state index contributed by atoms with van der Waals surface area (Å²) < 4.78 is 6.85. The predicted molar refractivity (Wildman–Crippen MR) is 92.8 cm³/mol. The zero-order chi connectivity index (χ0) is 15.7. The Morgan fingerprint density at radius 2 is 1.90 bits per heavy atom. The summed E-state index contributed by atoms with van der Waals surface area (Å²) >= 11 is 3.48. The highest BCUT2D eigenvalue weighted by atomic mass is 79.9. The smallest absolute Gasteiger partial charge is 0.217 e. The summed E-state index contributed by atoms with van der Waals surface area (Å²) in [4.78, 5) is 4.40. The van der Waals surface area contributed by atoms with Gasteiger partial charge in [0.15, 0.2) is 0 Å².